The summed E-state index contributed by atoms with van der Waals surface area (Å²) in [5.41, 5.74) is 0. The molecule has 0 spiro atoms. The van der Waals surface area contributed by atoms with Crippen LogP contribution >= 0.6 is 15.9 Å². The van der Waals surface area contributed by atoms with Gasteiger partial charge < -0.3 is 9.64 Å². The van der Waals surface area contributed by atoms with Crippen LogP contribution in [0.5, 0.6) is 5.88 Å². The molecular weight excluding hydrogens is 270 g/mol. The third-order valence-corrected chi connectivity index (χ3v) is 4.29. The van der Waals surface area contributed by atoms with E-state index in [-0.39, 0.29) is 0 Å². The van der Waals surface area contributed by atoms with Gasteiger partial charge in [-0.1, -0.05) is 22.9 Å². The summed E-state index contributed by atoms with van der Waals surface area (Å²) < 4.78 is 5.08. The van der Waals surface area contributed by atoms with Crippen LogP contribution in [0.4, 0.5) is 5.82 Å². The molecule has 0 bridgehead atoms. The molecule has 1 aliphatic rings. The van der Waals surface area contributed by atoms with Crippen LogP contribution < -0.4 is 9.64 Å². The quantitative estimate of drug-likeness (QED) is 0.780. The highest BCUT2D eigenvalue weighted by Gasteiger charge is 2.24. The van der Waals surface area contributed by atoms with Crippen molar-refractivity contribution >= 4 is 21.7 Å². The van der Waals surface area contributed by atoms with Crippen molar-refractivity contribution < 1.29 is 4.74 Å². The van der Waals surface area contributed by atoms with Crippen LogP contribution in [0, 0.1) is 5.92 Å². The second kappa shape index (κ2) is 4.99. The molecule has 1 aromatic heterocycles. The van der Waals surface area contributed by atoms with E-state index in [9.17, 15) is 0 Å². The molecule has 2 atom stereocenters. The van der Waals surface area contributed by atoms with Gasteiger partial charge in [0.15, 0.2) is 5.82 Å². The van der Waals surface area contributed by atoms with Crippen molar-refractivity contribution in [3.8, 4) is 5.88 Å². The van der Waals surface area contributed by atoms with Crippen molar-refractivity contribution in [2.45, 2.75) is 18.2 Å². The zero-order valence-electron chi connectivity index (χ0n) is 9.56. The number of ether oxygens (including phenoxy) is 1. The summed E-state index contributed by atoms with van der Waals surface area (Å²) in [5, 5.41) is 0. The van der Waals surface area contributed by atoms with E-state index in [1.807, 2.05) is 0 Å². The van der Waals surface area contributed by atoms with Gasteiger partial charge in [-0.2, -0.15) is 4.98 Å². The smallest absolute Gasteiger partial charge is 0.233 e. The standard InChI is InChI=1S/C11H16BrN3O/c1-8-7-15(4-3-9(8)12)10-5-13-6-11(14-10)16-2/h5-6,8-9H,3-4,7H2,1-2H3. The Morgan fingerprint density at radius 1 is 1.50 bits per heavy atom. The minimum atomic E-state index is 0.575. The van der Waals surface area contributed by atoms with Gasteiger partial charge in [-0.05, 0) is 12.3 Å². The molecule has 0 saturated carbocycles. The highest BCUT2D eigenvalue weighted by atomic mass is 79.9. The lowest BCUT2D eigenvalue weighted by Crippen LogP contribution is -2.40. The van der Waals surface area contributed by atoms with E-state index < -0.39 is 0 Å². The summed E-state index contributed by atoms with van der Waals surface area (Å²) in [4.78, 5) is 11.4. The summed E-state index contributed by atoms with van der Waals surface area (Å²) >= 11 is 3.69. The van der Waals surface area contributed by atoms with Crippen molar-refractivity contribution in [3.63, 3.8) is 0 Å². The predicted octanol–water partition coefficient (Wildman–Crippen LogP) is 2.09. The molecule has 5 heteroatoms. The fourth-order valence-corrected chi connectivity index (χ4v) is 2.29. The van der Waals surface area contributed by atoms with E-state index in [1.165, 1.54) is 0 Å². The lowest BCUT2D eigenvalue weighted by molar-refractivity contribution is 0.393. The Kier molecular flexibility index (Phi) is 3.63. The Bertz CT molecular complexity index is 361. The van der Waals surface area contributed by atoms with Gasteiger partial charge in [-0.25, -0.2) is 0 Å². The first-order valence-corrected chi connectivity index (χ1v) is 6.37. The molecular formula is C11H16BrN3O. The predicted molar refractivity (Wildman–Crippen MR) is 67.3 cm³/mol. The second-order valence-corrected chi connectivity index (χ2v) is 5.32. The van der Waals surface area contributed by atoms with E-state index in [1.54, 1.807) is 19.5 Å². The van der Waals surface area contributed by atoms with Gasteiger partial charge in [0, 0.05) is 17.9 Å². The Labute approximate surface area is 104 Å². The summed E-state index contributed by atoms with van der Waals surface area (Å²) in [5.74, 6) is 2.11. The van der Waals surface area contributed by atoms with Crippen LogP contribution in [0.2, 0.25) is 0 Å². The Morgan fingerprint density at radius 2 is 2.31 bits per heavy atom. The molecule has 0 aliphatic carbocycles. The zero-order valence-corrected chi connectivity index (χ0v) is 11.1. The first-order valence-electron chi connectivity index (χ1n) is 5.45. The van der Waals surface area contributed by atoms with Crippen molar-refractivity contribution in [1.29, 1.82) is 0 Å². The molecule has 4 nitrogen and oxygen atoms in total. The Hall–Kier alpha value is -0.840. The molecule has 2 rings (SSSR count). The van der Waals surface area contributed by atoms with Crippen LogP contribution in [0.1, 0.15) is 13.3 Å². The number of nitrogens with zero attached hydrogens (tertiary/aromatic N) is 3. The third kappa shape index (κ3) is 2.45. The summed E-state index contributed by atoms with van der Waals surface area (Å²) in [7, 11) is 1.61. The van der Waals surface area contributed by atoms with Gasteiger partial charge in [0.05, 0.1) is 19.5 Å². The van der Waals surface area contributed by atoms with Crippen molar-refractivity contribution in [3.05, 3.63) is 12.4 Å². The highest BCUT2D eigenvalue weighted by molar-refractivity contribution is 9.09. The third-order valence-electron chi connectivity index (χ3n) is 2.93. The minimum absolute atomic E-state index is 0.575. The average Bonchev–Trinajstić information content (AvgIpc) is 2.33. The highest BCUT2D eigenvalue weighted by Crippen LogP contribution is 2.26. The number of methoxy groups -OCH3 is 1. The largest absolute Gasteiger partial charge is 0.480 e. The second-order valence-electron chi connectivity index (χ2n) is 4.15. The van der Waals surface area contributed by atoms with Crippen molar-refractivity contribution in [2.24, 2.45) is 5.92 Å². The molecule has 2 heterocycles. The monoisotopic (exact) mass is 285 g/mol. The summed E-state index contributed by atoms with van der Waals surface area (Å²) in [6.45, 7) is 4.28. The van der Waals surface area contributed by atoms with E-state index in [2.05, 4.69) is 37.7 Å². The van der Waals surface area contributed by atoms with Crippen LogP contribution in [0.3, 0.4) is 0 Å². The first-order chi connectivity index (χ1) is 7.70. The first kappa shape index (κ1) is 11.6. The van der Waals surface area contributed by atoms with Crippen molar-refractivity contribution in [1.82, 2.24) is 9.97 Å². The maximum absolute atomic E-state index is 5.08. The Morgan fingerprint density at radius 3 is 3.00 bits per heavy atom. The number of aromatic nitrogens is 2. The molecule has 1 aromatic rings. The normalized spacial score (nSPS) is 25.6. The molecule has 1 aliphatic heterocycles. The minimum Gasteiger partial charge on any atom is -0.480 e. The SMILES string of the molecule is COc1cncc(N2CCC(Br)C(C)C2)n1. The van der Waals surface area contributed by atoms with E-state index >= 15 is 0 Å². The molecule has 1 saturated heterocycles. The number of piperidine rings is 1. The molecule has 0 aromatic carbocycles. The molecule has 1 fully saturated rings. The number of halogens is 1. The molecule has 88 valence electrons. The van der Waals surface area contributed by atoms with Crippen LogP contribution in [0.15, 0.2) is 12.4 Å². The number of hydrogen-bond acceptors (Lipinski definition) is 4. The fraction of sp³-hybridized carbons (Fsp3) is 0.636. The zero-order chi connectivity index (χ0) is 11.5. The number of rotatable bonds is 2. The molecule has 2 unspecified atom stereocenters. The van der Waals surface area contributed by atoms with Crippen LogP contribution in [-0.4, -0.2) is 35.0 Å². The maximum Gasteiger partial charge on any atom is 0.233 e. The van der Waals surface area contributed by atoms with E-state index in [4.69, 9.17) is 4.74 Å². The van der Waals surface area contributed by atoms with Gasteiger partial charge in [-0.3, -0.25) is 4.98 Å². The molecule has 0 amide bonds. The van der Waals surface area contributed by atoms with Crippen LogP contribution in [0.25, 0.3) is 0 Å². The fourth-order valence-electron chi connectivity index (χ4n) is 1.91. The average molecular weight is 286 g/mol. The van der Waals surface area contributed by atoms with Crippen LogP contribution in [-0.2, 0) is 0 Å². The summed E-state index contributed by atoms with van der Waals surface area (Å²) in [6, 6.07) is 0. The van der Waals surface area contributed by atoms with E-state index in [0.29, 0.717) is 16.6 Å². The maximum atomic E-state index is 5.08. The van der Waals surface area contributed by atoms with E-state index in [0.717, 1.165) is 25.3 Å². The van der Waals surface area contributed by atoms with Gasteiger partial charge in [0.1, 0.15) is 0 Å². The van der Waals surface area contributed by atoms with Gasteiger partial charge in [0.25, 0.3) is 0 Å². The molecule has 0 radical (unpaired) electrons. The number of anilines is 1. The lowest BCUT2D eigenvalue weighted by atomic mass is 10.0. The Balaban J connectivity index is 2.12. The summed E-state index contributed by atoms with van der Waals surface area (Å²) in [6.07, 6.45) is 4.56. The molecule has 16 heavy (non-hydrogen) atoms. The van der Waals surface area contributed by atoms with Gasteiger partial charge in [-0.15, -0.1) is 0 Å². The van der Waals surface area contributed by atoms with Crippen molar-refractivity contribution in [2.75, 3.05) is 25.1 Å². The molecule has 0 N–H and O–H groups in total. The lowest BCUT2D eigenvalue weighted by Gasteiger charge is -2.34. The number of hydrogen-bond donors (Lipinski definition) is 0. The van der Waals surface area contributed by atoms with Gasteiger partial charge in [0.2, 0.25) is 5.88 Å². The topological polar surface area (TPSA) is 38.2 Å². The number of alkyl halides is 1. The van der Waals surface area contributed by atoms with Gasteiger partial charge >= 0.3 is 0 Å².